The second-order valence-electron chi connectivity index (χ2n) is 9.14. The molecule has 0 bridgehead atoms. The molecule has 1 N–H and O–H groups in total. The van der Waals surface area contributed by atoms with E-state index in [4.69, 9.17) is 9.72 Å². The van der Waals surface area contributed by atoms with Crippen molar-refractivity contribution in [1.82, 2.24) is 9.88 Å². The van der Waals surface area contributed by atoms with E-state index in [1.54, 1.807) is 12.1 Å². The van der Waals surface area contributed by atoms with Gasteiger partial charge in [0.1, 0.15) is 5.82 Å². The average molecular weight is 481 g/mol. The van der Waals surface area contributed by atoms with Gasteiger partial charge in [-0.05, 0) is 37.2 Å². The first-order valence-electron chi connectivity index (χ1n) is 12.0. The van der Waals surface area contributed by atoms with Gasteiger partial charge in [-0.1, -0.05) is 36.8 Å². The molecule has 0 amide bonds. The zero-order valence-corrected chi connectivity index (χ0v) is 20.6. The van der Waals surface area contributed by atoms with Gasteiger partial charge in [-0.25, -0.2) is 13.4 Å². The summed E-state index contributed by atoms with van der Waals surface area (Å²) in [6.07, 6.45) is 0. The van der Waals surface area contributed by atoms with Crippen molar-refractivity contribution in [3.63, 3.8) is 0 Å². The normalized spacial score (nSPS) is 17.9. The van der Waals surface area contributed by atoms with E-state index in [0.717, 1.165) is 60.8 Å². The Balaban J connectivity index is 1.44. The largest absolute Gasteiger partial charge is 0.383 e. The monoisotopic (exact) mass is 480 g/mol. The van der Waals surface area contributed by atoms with Gasteiger partial charge in [0.2, 0.25) is 0 Å². The minimum absolute atomic E-state index is 0.0787. The lowest BCUT2D eigenvalue weighted by atomic mass is 10.1. The number of pyridine rings is 1. The van der Waals surface area contributed by atoms with Crippen molar-refractivity contribution in [3.8, 4) is 0 Å². The van der Waals surface area contributed by atoms with E-state index in [2.05, 4.69) is 47.2 Å². The van der Waals surface area contributed by atoms with Crippen molar-refractivity contribution in [1.29, 1.82) is 0 Å². The Kier molecular flexibility index (Phi) is 6.46. The molecule has 3 aromatic rings. The van der Waals surface area contributed by atoms with E-state index in [0.29, 0.717) is 24.0 Å². The second-order valence-corrected chi connectivity index (χ2v) is 11.2. The smallest absolute Gasteiger partial charge is 0.180 e. The maximum absolute atomic E-state index is 12.8. The number of aryl methyl sites for hydroxylation is 1. The first-order chi connectivity index (χ1) is 16.4. The molecule has 0 unspecified atom stereocenters. The van der Waals surface area contributed by atoms with Crippen LogP contribution in [0.25, 0.3) is 10.9 Å². The van der Waals surface area contributed by atoms with Crippen LogP contribution in [0.15, 0.2) is 53.4 Å². The van der Waals surface area contributed by atoms with Gasteiger partial charge in [-0.2, -0.15) is 0 Å². The SMILES string of the molecule is CCN(CCNc1cc(N2CCS(=O)(=O)c3ccccc3C2)nc2ccc(C)cc12)C1COC1. The summed E-state index contributed by atoms with van der Waals surface area (Å²) in [5.41, 5.74) is 3.94. The lowest BCUT2D eigenvalue weighted by molar-refractivity contribution is -0.0618. The molecule has 0 aliphatic carbocycles. The molecule has 8 heteroatoms. The van der Waals surface area contributed by atoms with Gasteiger partial charge in [-0.15, -0.1) is 0 Å². The molecule has 7 nitrogen and oxygen atoms in total. The molecular weight excluding hydrogens is 448 g/mol. The van der Waals surface area contributed by atoms with Crippen LogP contribution in [0.5, 0.6) is 0 Å². The van der Waals surface area contributed by atoms with E-state index < -0.39 is 9.84 Å². The minimum Gasteiger partial charge on any atom is -0.383 e. The standard InChI is InChI=1S/C26H32N4O3S/c1-3-29(21-17-33-18-21)11-10-27-24-15-26(28-23-9-8-19(2)14-22(23)24)30-12-13-34(31,32)25-7-5-4-6-20(25)16-30/h4-9,14-15,21H,3,10-13,16-18H2,1-2H3,(H,27,28). The number of nitrogens with zero attached hydrogens (tertiary/aromatic N) is 3. The summed E-state index contributed by atoms with van der Waals surface area (Å²) in [5, 5.41) is 4.73. The van der Waals surface area contributed by atoms with Crippen LogP contribution in [0.2, 0.25) is 0 Å². The molecule has 2 aliphatic rings. The van der Waals surface area contributed by atoms with Gasteiger partial charge in [0, 0.05) is 43.3 Å². The van der Waals surface area contributed by atoms with Crippen LogP contribution in [0, 0.1) is 6.92 Å². The van der Waals surface area contributed by atoms with E-state index in [-0.39, 0.29) is 5.75 Å². The molecule has 0 spiro atoms. The fourth-order valence-corrected chi connectivity index (χ4v) is 6.26. The van der Waals surface area contributed by atoms with Gasteiger partial charge in [0.05, 0.1) is 35.4 Å². The maximum Gasteiger partial charge on any atom is 0.180 e. The number of aromatic nitrogens is 1. The molecule has 2 aromatic carbocycles. The number of sulfone groups is 1. The van der Waals surface area contributed by atoms with Crippen LogP contribution in [0.4, 0.5) is 11.5 Å². The molecule has 2 aliphatic heterocycles. The Morgan fingerprint density at radius 1 is 1.18 bits per heavy atom. The summed E-state index contributed by atoms with van der Waals surface area (Å²) in [6, 6.07) is 16.2. The molecule has 1 fully saturated rings. The van der Waals surface area contributed by atoms with Gasteiger partial charge >= 0.3 is 0 Å². The number of fused-ring (bicyclic) bond motifs is 2. The van der Waals surface area contributed by atoms with Crippen molar-refractivity contribution in [3.05, 3.63) is 59.7 Å². The molecule has 1 aromatic heterocycles. The molecule has 34 heavy (non-hydrogen) atoms. The highest BCUT2D eigenvalue weighted by Gasteiger charge is 2.27. The zero-order valence-electron chi connectivity index (χ0n) is 19.8. The van der Waals surface area contributed by atoms with E-state index in [1.165, 1.54) is 5.56 Å². The summed E-state index contributed by atoms with van der Waals surface area (Å²) in [4.78, 5) is 9.90. The van der Waals surface area contributed by atoms with Crippen molar-refractivity contribution in [2.45, 2.75) is 31.3 Å². The number of rotatable bonds is 7. The Morgan fingerprint density at radius 3 is 2.76 bits per heavy atom. The predicted molar refractivity (Wildman–Crippen MR) is 136 cm³/mol. The summed E-state index contributed by atoms with van der Waals surface area (Å²) < 4.78 is 31.0. The third-order valence-corrected chi connectivity index (χ3v) is 8.62. The van der Waals surface area contributed by atoms with Crippen molar-refractivity contribution in [2.75, 3.05) is 55.4 Å². The first kappa shape index (κ1) is 23.1. The fraction of sp³-hybridized carbons (Fsp3) is 0.423. The third-order valence-electron chi connectivity index (χ3n) is 6.83. The first-order valence-corrected chi connectivity index (χ1v) is 13.6. The quantitative estimate of drug-likeness (QED) is 0.555. The Hall–Kier alpha value is -2.68. The Morgan fingerprint density at radius 2 is 2.00 bits per heavy atom. The number of anilines is 2. The predicted octanol–water partition coefficient (Wildman–Crippen LogP) is 3.47. The molecule has 3 heterocycles. The van der Waals surface area contributed by atoms with Crippen LogP contribution < -0.4 is 10.2 Å². The average Bonchev–Trinajstić information content (AvgIpc) is 2.93. The highest BCUT2D eigenvalue weighted by Crippen LogP contribution is 2.31. The summed E-state index contributed by atoms with van der Waals surface area (Å²) in [6.45, 7) is 9.58. The number of likely N-dealkylation sites (N-methyl/N-ethyl adjacent to an activating group) is 1. The van der Waals surface area contributed by atoms with Crippen LogP contribution in [0.3, 0.4) is 0 Å². The van der Waals surface area contributed by atoms with Gasteiger partial charge in [0.15, 0.2) is 9.84 Å². The summed E-state index contributed by atoms with van der Waals surface area (Å²) in [5.74, 6) is 0.875. The number of hydrogen-bond donors (Lipinski definition) is 1. The lowest BCUT2D eigenvalue weighted by Crippen LogP contribution is -2.50. The van der Waals surface area contributed by atoms with Crippen LogP contribution in [-0.2, 0) is 21.1 Å². The lowest BCUT2D eigenvalue weighted by Gasteiger charge is -2.36. The van der Waals surface area contributed by atoms with Gasteiger partial charge < -0.3 is 15.0 Å². The molecule has 180 valence electrons. The molecule has 0 saturated carbocycles. The highest BCUT2D eigenvalue weighted by atomic mass is 32.2. The topological polar surface area (TPSA) is 74.8 Å². The van der Waals surface area contributed by atoms with Crippen LogP contribution >= 0.6 is 0 Å². The molecule has 5 rings (SSSR count). The fourth-order valence-electron chi connectivity index (χ4n) is 4.76. The summed E-state index contributed by atoms with van der Waals surface area (Å²) >= 11 is 0. The van der Waals surface area contributed by atoms with Crippen molar-refractivity contribution < 1.29 is 13.2 Å². The maximum atomic E-state index is 12.8. The van der Waals surface area contributed by atoms with Crippen LogP contribution in [0.1, 0.15) is 18.1 Å². The van der Waals surface area contributed by atoms with Gasteiger partial charge in [-0.3, -0.25) is 4.90 Å². The minimum atomic E-state index is -3.31. The van der Waals surface area contributed by atoms with Crippen molar-refractivity contribution in [2.24, 2.45) is 0 Å². The van der Waals surface area contributed by atoms with Crippen molar-refractivity contribution >= 4 is 32.2 Å². The Labute approximate surface area is 201 Å². The van der Waals surface area contributed by atoms with E-state index in [1.807, 2.05) is 18.2 Å². The molecular formula is C26H32N4O3S. The van der Waals surface area contributed by atoms with E-state index in [9.17, 15) is 8.42 Å². The van der Waals surface area contributed by atoms with E-state index >= 15 is 0 Å². The summed E-state index contributed by atoms with van der Waals surface area (Å²) in [7, 11) is -3.31. The zero-order chi connectivity index (χ0) is 23.7. The molecule has 0 atom stereocenters. The number of ether oxygens (including phenoxy) is 1. The van der Waals surface area contributed by atoms with Crippen LogP contribution in [-0.4, -0.2) is 69.5 Å². The number of hydrogen-bond acceptors (Lipinski definition) is 7. The van der Waals surface area contributed by atoms with Gasteiger partial charge in [0.25, 0.3) is 0 Å². The Bertz CT molecular complexity index is 1290. The number of benzene rings is 2. The number of nitrogens with one attached hydrogen (secondary N) is 1. The second kappa shape index (κ2) is 9.52. The highest BCUT2D eigenvalue weighted by molar-refractivity contribution is 7.91. The molecule has 0 radical (unpaired) electrons. The molecule has 1 saturated heterocycles. The third kappa shape index (κ3) is 4.62.